The lowest BCUT2D eigenvalue weighted by atomic mass is 10.2. The van der Waals surface area contributed by atoms with Crippen LogP contribution in [0.1, 0.15) is 38.5 Å². The van der Waals surface area contributed by atoms with Gasteiger partial charge >= 0.3 is 0 Å². The van der Waals surface area contributed by atoms with Gasteiger partial charge in [0.15, 0.2) is 0 Å². The van der Waals surface area contributed by atoms with Crippen molar-refractivity contribution < 1.29 is 9.59 Å². The molecule has 0 spiro atoms. The van der Waals surface area contributed by atoms with E-state index in [9.17, 15) is 9.59 Å². The molecular formula is C12H21ClN2O2. The second-order valence-corrected chi connectivity index (χ2v) is 4.71. The number of nitrogens with one attached hydrogen (secondary N) is 1. The maximum atomic E-state index is 11.3. The zero-order valence-electron chi connectivity index (χ0n) is 10.2. The van der Waals surface area contributed by atoms with E-state index in [2.05, 4.69) is 5.32 Å². The Bertz CT molecular complexity index is 259. The molecule has 0 unspecified atom stereocenters. The highest BCUT2D eigenvalue weighted by atomic mass is 35.5. The third-order valence-electron chi connectivity index (χ3n) is 2.89. The average Bonchev–Trinajstić information content (AvgIpc) is 2.71. The quantitative estimate of drug-likeness (QED) is 0.531. The lowest BCUT2D eigenvalue weighted by molar-refractivity contribution is -0.127. The van der Waals surface area contributed by atoms with E-state index in [1.807, 2.05) is 4.90 Å². The van der Waals surface area contributed by atoms with Crippen molar-refractivity contribution in [2.45, 2.75) is 38.5 Å². The molecule has 1 aliphatic heterocycles. The minimum atomic E-state index is 0.0860. The maximum absolute atomic E-state index is 11.3. The predicted octanol–water partition coefficient (Wildman–Crippen LogP) is 1.52. The van der Waals surface area contributed by atoms with Gasteiger partial charge in [-0.2, -0.15) is 0 Å². The van der Waals surface area contributed by atoms with E-state index in [1.54, 1.807) is 0 Å². The number of nitrogens with zero attached hydrogens (tertiary/aromatic N) is 1. The summed E-state index contributed by atoms with van der Waals surface area (Å²) in [6.45, 7) is 2.30. The topological polar surface area (TPSA) is 49.4 Å². The van der Waals surface area contributed by atoms with Crippen LogP contribution in [-0.4, -0.2) is 42.2 Å². The van der Waals surface area contributed by atoms with Crippen LogP contribution in [0.3, 0.4) is 0 Å². The van der Waals surface area contributed by atoms with Crippen molar-refractivity contribution >= 4 is 23.4 Å². The predicted molar refractivity (Wildman–Crippen MR) is 68.0 cm³/mol. The zero-order valence-corrected chi connectivity index (χ0v) is 11.0. The summed E-state index contributed by atoms with van der Waals surface area (Å²) in [6, 6.07) is 0. The number of hydrogen-bond donors (Lipinski definition) is 1. The highest BCUT2D eigenvalue weighted by Crippen LogP contribution is 2.09. The van der Waals surface area contributed by atoms with E-state index in [4.69, 9.17) is 11.6 Å². The van der Waals surface area contributed by atoms with Gasteiger partial charge < -0.3 is 10.2 Å². The molecule has 4 nitrogen and oxygen atoms in total. The van der Waals surface area contributed by atoms with E-state index >= 15 is 0 Å². The summed E-state index contributed by atoms with van der Waals surface area (Å²) in [5, 5.41) is 2.86. The maximum Gasteiger partial charge on any atom is 0.222 e. The second-order valence-electron chi connectivity index (χ2n) is 4.33. The van der Waals surface area contributed by atoms with Crippen molar-refractivity contribution in [2.75, 3.05) is 25.5 Å². The van der Waals surface area contributed by atoms with Crippen LogP contribution in [0.4, 0.5) is 0 Å². The Kier molecular flexibility index (Phi) is 7.01. The van der Waals surface area contributed by atoms with Gasteiger partial charge in [-0.3, -0.25) is 9.59 Å². The zero-order chi connectivity index (χ0) is 12.5. The minimum absolute atomic E-state index is 0.0860. The Morgan fingerprint density at radius 2 is 2.18 bits per heavy atom. The SMILES string of the molecule is O=C(CCCCCl)NCCCN1CCCC1=O. The molecule has 17 heavy (non-hydrogen) atoms. The van der Waals surface area contributed by atoms with Crippen LogP contribution in [-0.2, 0) is 9.59 Å². The van der Waals surface area contributed by atoms with Crippen molar-refractivity contribution in [1.82, 2.24) is 10.2 Å². The van der Waals surface area contributed by atoms with Crippen molar-refractivity contribution in [2.24, 2.45) is 0 Å². The molecule has 1 heterocycles. The molecule has 0 radical (unpaired) electrons. The number of halogens is 1. The fourth-order valence-corrected chi connectivity index (χ4v) is 2.10. The summed E-state index contributed by atoms with van der Waals surface area (Å²) in [5.74, 6) is 0.950. The van der Waals surface area contributed by atoms with Gasteiger partial charge in [0, 0.05) is 38.4 Å². The van der Waals surface area contributed by atoms with Gasteiger partial charge in [-0.15, -0.1) is 11.6 Å². The van der Waals surface area contributed by atoms with Crippen molar-refractivity contribution in [3.05, 3.63) is 0 Å². The molecule has 1 aliphatic rings. The Morgan fingerprint density at radius 1 is 1.35 bits per heavy atom. The fourth-order valence-electron chi connectivity index (χ4n) is 1.91. The lowest BCUT2D eigenvalue weighted by Gasteiger charge is -2.15. The van der Waals surface area contributed by atoms with Crippen LogP contribution < -0.4 is 5.32 Å². The molecule has 1 N–H and O–H groups in total. The lowest BCUT2D eigenvalue weighted by Crippen LogP contribution is -2.30. The van der Waals surface area contributed by atoms with Crippen LogP contribution in [0.25, 0.3) is 0 Å². The third kappa shape index (κ3) is 5.91. The molecule has 2 amide bonds. The highest BCUT2D eigenvalue weighted by Gasteiger charge is 2.18. The van der Waals surface area contributed by atoms with Gasteiger partial charge in [-0.05, 0) is 25.7 Å². The number of unbranched alkanes of at least 4 members (excludes halogenated alkanes) is 1. The molecule has 5 heteroatoms. The van der Waals surface area contributed by atoms with Crippen LogP contribution in [0, 0.1) is 0 Å². The normalized spacial score (nSPS) is 15.4. The first-order valence-corrected chi connectivity index (χ1v) is 6.88. The molecule has 0 aromatic rings. The first-order valence-electron chi connectivity index (χ1n) is 6.34. The van der Waals surface area contributed by atoms with Crippen LogP contribution in [0.2, 0.25) is 0 Å². The number of amides is 2. The average molecular weight is 261 g/mol. The van der Waals surface area contributed by atoms with E-state index < -0.39 is 0 Å². The first-order chi connectivity index (χ1) is 8.24. The van der Waals surface area contributed by atoms with Gasteiger partial charge in [0.1, 0.15) is 0 Å². The largest absolute Gasteiger partial charge is 0.356 e. The highest BCUT2D eigenvalue weighted by molar-refractivity contribution is 6.17. The van der Waals surface area contributed by atoms with Crippen molar-refractivity contribution in [3.8, 4) is 0 Å². The third-order valence-corrected chi connectivity index (χ3v) is 3.15. The molecule has 0 atom stereocenters. The number of rotatable bonds is 8. The number of carbonyl (C=O) groups excluding carboxylic acids is 2. The molecular weight excluding hydrogens is 240 g/mol. The summed E-state index contributed by atoms with van der Waals surface area (Å²) in [7, 11) is 0. The molecule has 0 aliphatic carbocycles. The van der Waals surface area contributed by atoms with Crippen LogP contribution in [0.15, 0.2) is 0 Å². The van der Waals surface area contributed by atoms with E-state index in [1.165, 1.54) is 0 Å². The Balaban J connectivity index is 1.96. The fraction of sp³-hybridized carbons (Fsp3) is 0.833. The number of hydrogen-bond acceptors (Lipinski definition) is 2. The smallest absolute Gasteiger partial charge is 0.222 e. The van der Waals surface area contributed by atoms with Gasteiger partial charge in [0.05, 0.1) is 0 Å². The molecule has 1 fully saturated rings. The molecule has 0 bridgehead atoms. The van der Waals surface area contributed by atoms with Gasteiger partial charge in [0.25, 0.3) is 0 Å². The second kappa shape index (κ2) is 8.34. The molecule has 98 valence electrons. The van der Waals surface area contributed by atoms with E-state index in [-0.39, 0.29) is 11.8 Å². The number of likely N-dealkylation sites (tertiary alicyclic amines) is 1. The Hall–Kier alpha value is -0.770. The molecule has 1 saturated heterocycles. The van der Waals surface area contributed by atoms with Crippen LogP contribution >= 0.6 is 11.6 Å². The first kappa shape index (κ1) is 14.3. The Labute approximate surface area is 108 Å². The van der Waals surface area contributed by atoms with Gasteiger partial charge in [0.2, 0.25) is 11.8 Å². The summed E-state index contributed by atoms with van der Waals surface area (Å²) >= 11 is 5.53. The van der Waals surface area contributed by atoms with E-state index in [0.717, 1.165) is 38.8 Å². The summed E-state index contributed by atoms with van der Waals surface area (Å²) < 4.78 is 0. The summed E-state index contributed by atoms with van der Waals surface area (Å²) in [5.41, 5.74) is 0. The van der Waals surface area contributed by atoms with Crippen LogP contribution in [0.5, 0.6) is 0 Å². The Morgan fingerprint density at radius 3 is 2.82 bits per heavy atom. The van der Waals surface area contributed by atoms with Crippen molar-refractivity contribution in [3.63, 3.8) is 0 Å². The summed E-state index contributed by atoms with van der Waals surface area (Å²) in [6.07, 6.45) is 4.79. The molecule has 0 aromatic heterocycles. The minimum Gasteiger partial charge on any atom is -0.356 e. The number of carbonyl (C=O) groups is 2. The molecule has 0 aromatic carbocycles. The standard InChI is InChI=1S/C12H21ClN2O2/c13-7-2-1-5-11(16)14-8-4-10-15-9-3-6-12(15)17/h1-10H2,(H,14,16). The van der Waals surface area contributed by atoms with Crippen molar-refractivity contribution in [1.29, 1.82) is 0 Å². The monoisotopic (exact) mass is 260 g/mol. The van der Waals surface area contributed by atoms with E-state index in [0.29, 0.717) is 25.3 Å². The molecule has 1 rings (SSSR count). The molecule has 0 saturated carbocycles. The van der Waals surface area contributed by atoms with Gasteiger partial charge in [-0.25, -0.2) is 0 Å². The van der Waals surface area contributed by atoms with Gasteiger partial charge in [-0.1, -0.05) is 0 Å². The summed E-state index contributed by atoms with van der Waals surface area (Å²) in [4.78, 5) is 24.5. The number of alkyl halides is 1.